The molecule has 0 aliphatic rings. The van der Waals surface area contributed by atoms with Crippen molar-refractivity contribution in [2.45, 2.75) is 20.0 Å². The zero-order valence-electron chi connectivity index (χ0n) is 14.5. The number of rotatable bonds is 7. The molecule has 0 unspecified atom stereocenters. The van der Waals surface area contributed by atoms with E-state index in [0.717, 1.165) is 36.9 Å². The van der Waals surface area contributed by atoms with E-state index < -0.39 is 0 Å². The lowest BCUT2D eigenvalue weighted by Crippen LogP contribution is -2.38. The van der Waals surface area contributed by atoms with E-state index in [-0.39, 0.29) is 24.0 Å². The highest BCUT2D eigenvalue weighted by Gasteiger charge is 2.09. The minimum atomic E-state index is 0. The molecule has 0 radical (unpaired) electrons. The molecular weight excluding hydrogens is 417 g/mol. The summed E-state index contributed by atoms with van der Waals surface area (Å²) < 4.78 is 7.44. The van der Waals surface area contributed by atoms with Crippen LogP contribution in [0.15, 0.2) is 48.0 Å². The molecule has 0 fully saturated rings. The standard InChI is InChI=1S/C17H25N5O.HI/c1-4-19-17(20-10-12-22-11-9-18-14-22)21(2)13-15-7-5-6-8-16(15)23-3;/h5-9,11,14H,4,10,12-13H2,1-3H3,(H,19,20);1H. The zero-order valence-corrected chi connectivity index (χ0v) is 16.8. The number of aliphatic imine (C=N–C) groups is 1. The minimum absolute atomic E-state index is 0. The molecule has 132 valence electrons. The van der Waals surface area contributed by atoms with Gasteiger partial charge in [0.1, 0.15) is 5.75 Å². The summed E-state index contributed by atoms with van der Waals surface area (Å²) in [5.41, 5.74) is 1.14. The average Bonchev–Trinajstić information content (AvgIpc) is 3.08. The summed E-state index contributed by atoms with van der Waals surface area (Å²) in [5.74, 6) is 1.78. The maximum atomic E-state index is 5.42. The van der Waals surface area contributed by atoms with E-state index in [2.05, 4.69) is 33.2 Å². The maximum absolute atomic E-state index is 5.42. The molecule has 1 aromatic heterocycles. The van der Waals surface area contributed by atoms with Crippen molar-refractivity contribution in [1.82, 2.24) is 19.8 Å². The molecule has 0 aliphatic carbocycles. The number of hydrogen-bond acceptors (Lipinski definition) is 3. The predicted octanol–water partition coefficient (Wildman–Crippen LogP) is 2.61. The Morgan fingerprint density at radius 2 is 2.17 bits per heavy atom. The average molecular weight is 443 g/mol. The summed E-state index contributed by atoms with van der Waals surface area (Å²) in [5, 5.41) is 3.33. The van der Waals surface area contributed by atoms with E-state index in [1.807, 2.05) is 36.0 Å². The number of imidazole rings is 1. The lowest BCUT2D eigenvalue weighted by Gasteiger charge is -2.23. The first kappa shape index (κ1) is 20.3. The third-order valence-corrected chi connectivity index (χ3v) is 3.48. The van der Waals surface area contributed by atoms with Gasteiger partial charge in [0.2, 0.25) is 0 Å². The van der Waals surface area contributed by atoms with Crippen LogP contribution in [-0.4, -0.2) is 47.7 Å². The Morgan fingerprint density at radius 1 is 1.38 bits per heavy atom. The van der Waals surface area contributed by atoms with Gasteiger partial charge in [-0.3, -0.25) is 4.99 Å². The summed E-state index contributed by atoms with van der Waals surface area (Å²) in [7, 11) is 3.73. The summed E-state index contributed by atoms with van der Waals surface area (Å²) in [6.07, 6.45) is 5.53. The molecule has 0 bridgehead atoms. The van der Waals surface area contributed by atoms with E-state index >= 15 is 0 Å². The molecule has 0 amide bonds. The fraction of sp³-hybridized carbons (Fsp3) is 0.412. The quantitative estimate of drug-likeness (QED) is 0.406. The fourth-order valence-corrected chi connectivity index (χ4v) is 2.32. The normalized spacial score (nSPS) is 10.9. The van der Waals surface area contributed by atoms with E-state index in [1.54, 1.807) is 19.6 Å². The van der Waals surface area contributed by atoms with Crippen LogP contribution in [0.4, 0.5) is 0 Å². The molecule has 6 nitrogen and oxygen atoms in total. The number of guanidine groups is 1. The van der Waals surface area contributed by atoms with Crippen LogP contribution in [-0.2, 0) is 13.1 Å². The van der Waals surface area contributed by atoms with Crippen molar-refractivity contribution in [3.05, 3.63) is 48.5 Å². The van der Waals surface area contributed by atoms with E-state index in [9.17, 15) is 0 Å². The monoisotopic (exact) mass is 443 g/mol. The van der Waals surface area contributed by atoms with Crippen LogP contribution in [0, 0.1) is 0 Å². The van der Waals surface area contributed by atoms with Crippen LogP contribution in [0.25, 0.3) is 0 Å². The van der Waals surface area contributed by atoms with Crippen molar-refractivity contribution in [2.75, 3.05) is 27.2 Å². The molecular formula is C17H26IN5O. The van der Waals surface area contributed by atoms with E-state index in [1.165, 1.54) is 0 Å². The molecule has 2 rings (SSSR count). The Labute approximate surface area is 161 Å². The van der Waals surface area contributed by atoms with Crippen molar-refractivity contribution in [3.63, 3.8) is 0 Å². The van der Waals surface area contributed by atoms with Gasteiger partial charge in [-0.2, -0.15) is 0 Å². The van der Waals surface area contributed by atoms with Gasteiger partial charge in [0.25, 0.3) is 0 Å². The Kier molecular flexibility index (Phi) is 9.21. The number of nitrogens with one attached hydrogen (secondary N) is 1. The van der Waals surface area contributed by atoms with Gasteiger partial charge in [0, 0.05) is 44.6 Å². The van der Waals surface area contributed by atoms with Crippen molar-refractivity contribution >= 4 is 29.9 Å². The van der Waals surface area contributed by atoms with Crippen LogP contribution in [0.5, 0.6) is 5.75 Å². The smallest absolute Gasteiger partial charge is 0.194 e. The van der Waals surface area contributed by atoms with Crippen molar-refractivity contribution < 1.29 is 4.74 Å². The SMILES string of the molecule is CCNC(=NCCn1ccnc1)N(C)Cc1ccccc1OC.I. The molecule has 1 heterocycles. The van der Waals surface area contributed by atoms with E-state index in [0.29, 0.717) is 6.54 Å². The fourth-order valence-electron chi connectivity index (χ4n) is 2.32. The van der Waals surface area contributed by atoms with Gasteiger partial charge in [-0.05, 0) is 13.0 Å². The summed E-state index contributed by atoms with van der Waals surface area (Å²) in [6.45, 7) is 5.16. The Bertz CT molecular complexity index is 615. The van der Waals surface area contributed by atoms with Crippen molar-refractivity contribution in [3.8, 4) is 5.75 Å². The third kappa shape index (κ3) is 6.03. The number of nitrogens with zero attached hydrogens (tertiary/aromatic N) is 4. The number of methoxy groups -OCH3 is 1. The van der Waals surface area contributed by atoms with Gasteiger partial charge >= 0.3 is 0 Å². The number of ether oxygens (including phenoxy) is 1. The largest absolute Gasteiger partial charge is 0.496 e. The van der Waals surface area contributed by atoms with Gasteiger partial charge < -0.3 is 19.5 Å². The molecule has 0 atom stereocenters. The number of para-hydroxylation sites is 1. The first-order valence-corrected chi connectivity index (χ1v) is 7.81. The highest BCUT2D eigenvalue weighted by molar-refractivity contribution is 14.0. The summed E-state index contributed by atoms with van der Waals surface area (Å²) in [4.78, 5) is 10.8. The topological polar surface area (TPSA) is 54.7 Å². The first-order valence-electron chi connectivity index (χ1n) is 7.81. The van der Waals surface area contributed by atoms with Crippen LogP contribution >= 0.6 is 24.0 Å². The summed E-state index contributed by atoms with van der Waals surface area (Å²) >= 11 is 0. The molecule has 0 spiro atoms. The molecule has 1 aromatic carbocycles. The van der Waals surface area contributed by atoms with Crippen LogP contribution < -0.4 is 10.1 Å². The van der Waals surface area contributed by atoms with Gasteiger partial charge in [0.05, 0.1) is 20.0 Å². The Balaban J connectivity index is 0.00000288. The minimum Gasteiger partial charge on any atom is -0.496 e. The molecule has 0 saturated carbocycles. The van der Waals surface area contributed by atoms with Crippen molar-refractivity contribution in [1.29, 1.82) is 0 Å². The second-order valence-electron chi connectivity index (χ2n) is 5.20. The van der Waals surface area contributed by atoms with Gasteiger partial charge in [0.15, 0.2) is 5.96 Å². The number of benzene rings is 1. The van der Waals surface area contributed by atoms with Crippen LogP contribution in [0.1, 0.15) is 12.5 Å². The summed E-state index contributed by atoms with van der Waals surface area (Å²) in [6, 6.07) is 8.05. The Morgan fingerprint density at radius 3 is 2.83 bits per heavy atom. The predicted molar refractivity (Wildman–Crippen MR) is 108 cm³/mol. The number of halogens is 1. The lowest BCUT2D eigenvalue weighted by atomic mass is 10.2. The second kappa shape index (κ2) is 10.9. The molecule has 0 aliphatic heterocycles. The van der Waals surface area contributed by atoms with Crippen molar-refractivity contribution in [2.24, 2.45) is 4.99 Å². The van der Waals surface area contributed by atoms with Gasteiger partial charge in [-0.25, -0.2) is 4.98 Å². The molecule has 0 saturated heterocycles. The third-order valence-electron chi connectivity index (χ3n) is 3.48. The second-order valence-corrected chi connectivity index (χ2v) is 5.20. The Hall–Kier alpha value is -1.77. The van der Waals surface area contributed by atoms with Gasteiger partial charge in [-0.1, -0.05) is 18.2 Å². The van der Waals surface area contributed by atoms with E-state index in [4.69, 9.17) is 4.74 Å². The maximum Gasteiger partial charge on any atom is 0.194 e. The molecule has 2 aromatic rings. The molecule has 24 heavy (non-hydrogen) atoms. The van der Waals surface area contributed by atoms with Crippen LogP contribution in [0.2, 0.25) is 0 Å². The van der Waals surface area contributed by atoms with Gasteiger partial charge in [-0.15, -0.1) is 24.0 Å². The highest BCUT2D eigenvalue weighted by Crippen LogP contribution is 2.18. The van der Waals surface area contributed by atoms with Crippen LogP contribution in [0.3, 0.4) is 0 Å². The number of aromatic nitrogens is 2. The first-order chi connectivity index (χ1) is 11.2. The zero-order chi connectivity index (χ0) is 16.5. The molecule has 7 heteroatoms. The highest BCUT2D eigenvalue weighted by atomic mass is 127. The number of hydrogen-bond donors (Lipinski definition) is 1. The lowest BCUT2D eigenvalue weighted by molar-refractivity contribution is 0.396. The molecule has 1 N–H and O–H groups in total.